The zero-order valence-corrected chi connectivity index (χ0v) is 15.5. The molecule has 0 fully saturated rings. The second-order valence-corrected chi connectivity index (χ2v) is 7.90. The Labute approximate surface area is 153 Å². The molecule has 1 aromatic carbocycles. The number of allylic oxidation sites excluding steroid dienone is 1. The fourth-order valence-electron chi connectivity index (χ4n) is 3.60. The Morgan fingerprint density at radius 2 is 2.08 bits per heavy atom. The third kappa shape index (κ3) is 3.07. The molecule has 0 saturated heterocycles. The van der Waals surface area contributed by atoms with Gasteiger partial charge >= 0.3 is 0 Å². The fourth-order valence-corrected chi connectivity index (χ4v) is 3.60. The number of aromatic nitrogens is 3. The predicted molar refractivity (Wildman–Crippen MR) is 106 cm³/mol. The van der Waals surface area contributed by atoms with E-state index >= 15 is 0 Å². The lowest BCUT2D eigenvalue weighted by molar-refractivity contribution is 0.240. The first-order valence-electron chi connectivity index (χ1n) is 9.06. The van der Waals surface area contributed by atoms with Gasteiger partial charge in [-0.3, -0.25) is 14.3 Å². The quantitative estimate of drug-likeness (QED) is 0.695. The van der Waals surface area contributed by atoms with E-state index in [2.05, 4.69) is 24.9 Å². The van der Waals surface area contributed by atoms with E-state index in [1.54, 1.807) is 6.20 Å². The monoisotopic (exact) mass is 345 g/mol. The molecule has 4 rings (SSSR count). The van der Waals surface area contributed by atoms with Crippen LogP contribution in [0.25, 0.3) is 22.6 Å². The van der Waals surface area contributed by atoms with Crippen LogP contribution in [0.1, 0.15) is 44.3 Å². The van der Waals surface area contributed by atoms with Gasteiger partial charge in [0.2, 0.25) is 0 Å². The van der Waals surface area contributed by atoms with Gasteiger partial charge in [-0.1, -0.05) is 26.0 Å². The van der Waals surface area contributed by atoms with Crippen LogP contribution >= 0.6 is 0 Å². The summed E-state index contributed by atoms with van der Waals surface area (Å²) < 4.78 is 1.86. The van der Waals surface area contributed by atoms with Gasteiger partial charge in [-0.25, -0.2) is 4.98 Å². The van der Waals surface area contributed by atoms with E-state index < -0.39 is 0 Å². The van der Waals surface area contributed by atoms with Gasteiger partial charge in [-0.05, 0) is 60.2 Å². The Bertz CT molecular complexity index is 1060. The second kappa shape index (κ2) is 6.20. The maximum Gasteiger partial charge on any atom is 0.261 e. The first-order chi connectivity index (χ1) is 12.4. The highest BCUT2D eigenvalue weighted by Gasteiger charge is 2.27. The van der Waals surface area contributed by atoms with E-state index in [1.807, 2.05) is 47.9 Å². The summed E-state index contributed by atoms with van der Waals surface area (Å²) >= 11 is 0. The van der Waals surface area contributed by atoms with Crippen LogP contribution in [-0.2, 0) is 13.0 Å². The average Bonchev–Trinajstić information content (AvgIpc) is 2.63. The summed E-state index contributed by atoms with van der Waals surface area (Å²) in [7, 11) is 0. The molecule has 0 atom stereocenters. The van der Waals surface area contributed by atoms with Crippen molar-refractivity contribution in [2.75, 3.05) is 0 Å². The van der Waals surface area contributed by atoms with Crippen LogP contribution in [0.4, 0.5) is 0 Å². The maximum absolute atomic E-state index is 12.9. The molecule has 3 heterocycles. The maximum atomic E-state index is 12.9. The molecule has 0 saturated carbocycles. The Morgan fingerprint density at radius 1 is 1.23 bits per heavy atom. The number of nitrogens with zero attached hydrogens (tertiary/aromatic N) is 3. The van der Waals surface area contributed by atoms with E-state index in [9.17, 15) is 4.79 Å². The molecule has 0 aliphatic carbocycles. The third-order valence-corrected chi connectivity index (χ3v) is 5.12. The molecule has 0 radical (unpaired) electrons. The molecule has 0 spiro atoms. The Kier molecular flexibility index (Phi) is 3.98. The Morgan fingerprint density at radius 3 is 2.85 bits per heavy atom. The molecule has 132 valence electrons. The van der Waals surface area contributed by atoms with Crippen molar-refractivity contribution in [3.63, 3.8) is 0 Å². The number of fused-ring (bicyclic) bond motifs is 2. The van der Waals surface area contributed by atoms with Crippen molar-refractivity contribution >= 4 is 22.6 Å². The van der Waals surface area contributed by atoms with Crippen LogP contribution in [-0.4, -0.2) is 14.5 Å². The highest BCUT2D eigenvalue weighted by atomic mass is 16.1. The summed E-state index contributed by atoms with van der Waals surface area (Å²) in [5.41, 5.74) is 4.08. The van der Waals surface area contributed by atoms with Crippen molar-refractivity contribution in [2.45, 2.75) is 40.2 Å². The van der Waals surface area contributed by atoms with Gasteiger partial charge in [0.25, 0.3) is 5.56 Å². The van der Waals surface area contributed by atoms with Crippen LogP contribution in [0.3, 0.4) is 0 Å². The first-order valence-corrected chi connectivity index (χ1v) is 9.06. The minimum atomic E-state index is 0.0785. The standard InChI is InChI=1S/C22H23N3O/c1-15(18-6-4-5-11-23-18)12-16-7-8-17-19(13-16)24-20-9-10-22(2,3)14-25(20)21(17)26/h4-8,11-13H,9-10,14H2,1-3H3/b15-12+. The van der Waals surface area contributed by atoms with E-state index in [0.29, 0.717) is 5.39 Å². The third-order valence-electron chi connectivity index (χ3n) is 5.12. The van der Waals surface area contributed by atoms with E-state index in [4.69, 9.17) is 4.98 Å². The summed E-state index contributed by atoms with van der Waals surface area (Å²) in [4.78, 5) is 22.1. The lowest BCUT2D eigenvalue weighted by Crippen LogP contribution is -2.36. The van der Waals surface area contributed by atoms with Gasteiger partial charge in [0.15, 0.2) is 0 Å². The average molecular weight is 345 g/mol. The molecule has 0 amide bonds. The van der Waals surface area contributed by atoms with Crippen LogP contribution in [0, 0.1) is 5.41 Å². The second-order valence-electron chi connectivity index (χ2n) is 7.90. The number of pyridine rings is 1. The molecule has 1 aliphatic heterocycles. The van der Waals surface area contributed by atoms with Crippen molar-refractivity contribution in [2.24, 2.45) is 5.41 Å². The van der Waals surface area contributed by atoms with Gasteiger partial charge in [-0.2, -0.15) is 0 Å². The molecule has 0 N–H and O–H groups in total. The predicted octanol–water partition coefficient (Wildman–Crippen LogP) is 4.32. The van der Waals surface area contributed by atoms with Gasteiger partial charge in [-0.15, -0.1) is 0 Å². The topological polar surface area (TPSA) is 47.8 Å². The van der Waals surface area contributed by atoms with Crippen LogP contribution in [0.5, 0.6) is 0 Å². The fraction of sp³-hybridized carbons (Fsp3) is 0.318. The summed E-state index contributed by atoms with van der Waals surface area (Å²) in [6.07, 6.45) is 5.79. The van der Waals surface area contributed by atoms with Crippen molar-refractivity contribution in [1.82, 2.24) is 14.5 Å². The lowest BCUT2D eigenvalue weighted by atomic mass is 9.85. The molecule has 26 heavy (non-hydrogen) atoms. The Hall–Kier alpha value is -2.75. The van der Waals surface area contributed by atoms with Crippen LogP contribution in [0.2, 0.25) is 0 Å². The molecule has 2 aromatic heterocycles. The highest BCUT2D eigenvalue weighted by molar-refractivity contribution is 5.85. The van der Waals surface area contributed by atoms with E-state index in [-0.39, 0.29) is 11.0 Å². The minimum Gasteiger partial charge on any atom is -0.296 e. The summed E-state index contributed by atoms with van der Waals surface area (Å²) in [5.74, 6) is 0.907. The van der Waals surface area contributed by atoms with Crippen molar-refractivity contribution < 1.29 is 0 Å². The van der Waals surface area contributed by atoms with E-state index in [1.165, 1.54) is 0 Å². The zero-order chi connectivity index (χ0) is 18.3. The number of hydrogen-bond donors (Lipinski definition) is 0. The largest absolute Gasteiger partial charge is 0.296 e. The van der Waals surface area contributed by atoms with Gasteiger partial charge in [0.05, 0.1) is 16.6 Å². The summed E-state index contributed by atoms with van der Waals surface area (Å²) in [6, 6.07) is 11.8. The van der Waals surface area contributed by atoms with Crippen LogP contribution in [0.15, 0.2) is 47.4 Å². The number of benzene rings is 1. The molecule has 4 heteroatoms. The smallest absolute Gasteiger partial charge is 0.261 e. The molecule has 0 unspecified atom stereocenters. The first kappa shape index (κ1) is 16.7. The van der Waals surface area contributed by atoms with Gasteiger partial charge in [0, 0.05) is 19.2 Å². The highest BCUT2D eigenvalue weighted by Crippen LogP contribution is 2.29. The molecule has 4 nitrogen and oxygen atoms in total. The summed E-state index contributed by atoms with van der Waals surface area (Å²) in [5, 5.41) is 0.694. The number of rotatable bonds is 2. The lowest BCUT2D eigenvalue weighted by Gasteiger charge is -2.31. The number of hydrogen-bond acceptors (Lipinski definition) is 3. The molecule has 3 aromatic rings. The molecular formula is C22H23N3O. The molecule has 1 aliphatic rings. The van der Waals surface area contributed by atoms with Crippen molar-refractivity contribution in [1.29, 1.82) is 0 Å². The normalized spacial score (nSPS) is 16.5. The molecular weight excluding hydrogens is 322 g/mol. The van der Waals surface area contributed by atoms with Crippen molar-refractivity contribution in [3.05, 3.63) is 70.0 Å². The number of aryl methyl sites for hydroxylation is 1. The van der Waals surface area contributed by atoms with E-state index in [0.717, 1.165) is 47.6 Å². The molecule has 0 bridgehead atoms. The van der Waals surface area contributed by atoms with Gasteiger partial charge < -0.3 is 0 Å². The SMILES string of the molecule is C/C(=C\c1ccc2c(=O)n3c(nc2c1)CCC(C)(C)C3)c1ccccn1. The summed E-state index contributed by atoms with van der Waals surface area (Å²) in [6.45, 7) is 7.20. The van der Waals surface area contributed by atoms with Crippen molar-refractivity contribution in [3.8, 4) is 0 Å². The zero-order valence-electron chi connectivity index (χ0n) is 15.5. The Balaban J connectivity index is 1.78. The minimum absolute atomic E-state index is 0.0785. The van der Waals surface area contributed by atoms with Gasteiger partial charge in [0.1, 0.15) is 5.82 Å². The van der Waals surface area contributed by atoms with Crippen LogP contribution < -0.4 is 5.56 Å².